The molecule has 0 aromatic heterocycles. The van der Waals surface area contributed by atoms with Gasteiger partial charge < -0.3 is 20.3 Å². The van der Waals surface area contributed by atoms with Crippen LogP contribution in [0.15, 0.2) is 42.5 Å². The minimum absolute atomic E-state index is 0.237. The van der Waals surface area contributed by atoms with Gasteiger partial charge in [0.15, 0.2) is 11.5 Å². The third kappa shape index (κ3) is 4.48. The van der Waals surface area contributed by atoms with E-state index in [9.17, 15) is 23.4 Å². The molecule has 7 heteroatoms. The number of anilines is 1. The topological polar surface area (TPSA) is 61.7 Å². The predicted octanol–water partition coefficient (Wildman–Crippen LogP) is 3.61. The van der Waals surface area contributed by atoms with E-state index in [-0.39, 0.29) is 23.8 Å². The van der Waals surface area contributed by atoms with Gasteiger partial charge in [-0.3, -0.25) is 0 Å². The Bertz CT molecular complexity index is 629. The second kappa shape index (κ2) is 5.82. The molecule has 0 aliphatic rings. The van der Waals surface area contributed by atoms with Crippen LogP contribution in [-0.2, 0) is 6.54 Å². The van der Waals surface area contributed by atoms with E-state index in [0.29, 0.717) is 11.3 Å². The molecule has 0 heterocycles. The lowest BCUT2D eigenvalue weighted by Crippen LogP contribution is -2.17. The molecule has 0 aliphatic carbocycles. The summed E-state index contributed by atoms with van der Waals surface area (Å²) < 4.78 is 40.2. The Kier molecular flexibility index (Phi) is 4.11. The van der Waals surface area contributed by atoms with Gasteiger partial charge in [-0.2, -0.15) is 0 Å². The van der Waals surface area contributed by atoms with Gasteiger partial charge in [0.05, 0.1) is 0 Å². The molecule has 2 aromatic rings. The van der Waals surface area contributed by atoms with Gasteiger partial charge in [0.2, 0.25) is 0 Å². The number of phenolic OH excluding ortho intramolecular Hbond substituents is 2. The summed E-state index contributed by atoms with van der Waals surface area (Å²) in [6, 6.07) is 9.70. The first-order valence-corrected chi connectivity index (χ1v) is 5.94. The van der Waals surface area contributed by atoms with Crippen molar-refractivity contribution in [1.29, 1.82) is 0 Å². The zero-order valence-corrected chi connectivity index (χ0v) is 10.7. The molecule has 0 fully saturated rings. The van der Waals surface area contributed by atoms with E-state index in [4.69, 9.17) is 0 Å². The number of benzene rings is 2. The summed E-state index contributed by atoms with van der Waals surface area (Å²) in [6.45, 7) is 0.267. The average molecular weight is 299 g/mol. The lowest BCUT2D eigenvalue weighted by molar-refractivity contribution is -0.274. The van der Waals surface area contributed by atoms with Crippen LogP contribution in [0.1, 0.15) is 5.56 Å². The molecule has 0 bridgehead atoms. The molecule has 21 heavy (non-hydrogen) atoms. The van der Waals surface area contributed by atoms with Gasteiger partial charge in [-0.15, -0.1) is 13.2 Å². The maximum atomic E-state index is 12.1. The highest BCUT2D eigenvalue weighted by atomic mass is 19.4. The fourth-order valence-electron chi connectivity index (χ4n) is 1.69. The SMILES string of the molecule is Oc1ccc(CNc2cccc(OC(F)(F)F)c2)cc1O. The van der Waals surface area contributed by atoms with E-state index in [1.807, 2.05) is 0 Å². The number of rotatable bonds is 4. The van der Waals surface area contributed by atoms with Crippen molar-refractivity contribution in [2.24, 2.45) is 0 Å². The number of phenols is 2. The maximum Gasteiger partial charge on any atom is 0.573 e. The lowest BCUT2D eigenvalue weighted by atomic mass is 10.2. The molecule has 0 atom stereocenters. The highest BCUT2D eigenvalue weighted by molar-refractivity contribution is 5.49. The minimum Gasteiger partial charge on any atom is -0.504 e. The number of alkyl halides is 3. The van der Waals surface area contributed by atoms with Crippen molar-refractivity contribution in [3.63, 3.8) is 0 Å². The molecule has 0 aliphatic heterocycles. The monoisotopic (exact) mass is 299 g/mol. The smallest absolute Gasteiger partial charge is 0.504 e. The van der Waals surface area contributed by atoms with E-state index in [0.717, 1.165) is 0 Å². The van der Waals surface area contributed by atoms with Crippen LogP contribution in [0.5, 0.6) is 17.2 Å². The molecule has 2 rings (SSSR count). The molecule has 2 aromatic carbocycles. The molecule has 4 nitrogen and oxygen atoms in total. The zero-order valence-electron chi connectivity index (χ0n) is 10.7. The highest BCUT2D eigenvalue weighted by Crippen LogP contribution is 2.27. The van der Waals surface area contributed by atoms with Crippen molar-refractivity contribution in [2.75, 3.05) is 5.32 Å². The van der Waals surface area contributed by atoms with E-state index in [2.05, 4.69) is 10.1 Å². The minimum atomic E-state index is -4.73. The predicted molar refractivity (Wildman–Crippen MR) is 70.2 cm³/mol. The molecule has 0 saturated heterocycles. The summed E-state index contributed by atoms with van der Waals surface area (Å²) in [6.07, 6.45) is -4.73. The van der Waals surface area contributed by atoms with Crippen LogP contribution in [-0.4, -0.2) is 16.6 Å². The van der Waals surface area contributed by atoms with Gasteiger partial charge in [-0.1, -0.05) is 12.1 Å². The van der Waals surface area contributed by atoms with Crippen LogP contribution in [0, 0.1) is 0 Å². The Labute approximate surface area is 118 Å². The number of halogens is 3. The van der Waals surface area contributed by atoms with Crippen molar-refractivity contribution < 1.29 is 28.1 Å². The number of hydrogen-bond acceptors (Lipinski definition) is 4. The molecular formula is C14H12F3NO3. The van der Waals surface area contributed by atoms with Gasteiger partial charge in [-0.05, 0) is 29.8 Å². The standard InChI is InChI=1S/C14H12F3NO3/c15-14(16,17)21-11-3-1-2-10(7-11)18-8-9-4-5-12(19)13(20)6-9/h1-7,18-20H,8H2. The van der Waals surface area contributed by atoms with Crippen molar-refractivity contribution in [1.82, 2.24) is 0 Å². The summed E-state index contributed by atoms with van der Waals surface area (Å²) in [7, 11) is 0. The van der Waals surface area contributed by atoms with Crippen molar-refractivity contribution in [3.8, 4) is 17.2 Å². The van der Waals surface area contributed by atoms with Crippen molar-refractivity contribution in [3.05, 3.63) is 48.0 Å². The Balaban J connectivity index is 2.03. The molecule has 0 saturated carbocycles. The Morgan fingerprint density at radius 1 is 1.00 bits per heavy atom. The van der Waals surface area contributed by atoms with Gasteiger partial charge in [0.25, 0.3) is 0 Å². The van der Waals surface area contributed by atoms with Crippen LogP contribution in [0.3, 0.4) is 0 Å². The van der Waals surface area contributed by atoms with E-state index < -0.39 is 6.36 Å². The van der Waals surface area contributed by atoms with Crippen LogP contribution in [0.2, 0.25) is 0 Å². The second-order valence-electron chi connectivity index (χ2n) is 4.25. The molecule has 0 amide bonds. The summed E-state index contributed by atoms with van der Waals surface area (Å²) in [5.41, 5.74) is 1.09. The number of hydrogen-bond donors (Lipinski definition) is 3. The van der Waals surface area contributed by atoms with Crippen LogP contribution in [0.4, 0.5) is 18.9 Å². The Hall–Kier alpha value is -2.57. The van der Waals surface area contributed by atoms with Crippen molar-refractivity contribution >= 4 is 5.69 Å². The number of aromatic hydroxyl groups is 2. The number of ether oxygens (including phenoxy) is 1. The molecule has 3 N–H and O–H groups in total. The highest BCUT2D eigenvalue weighted by Gasteiger charge is 2.31. The first-order valence-electron chi connectivity index (χ1n) is 5.94. The summed E-state index contributed by atoms with van der Waals surface area (Å²) >= 11 is 0. The molecule has 112 valence electrons. The van der Waals surface area contributed by atoms with E-state index in [1.54, 1.807) is 12.1 Å². The van der Waals surface area contributed by atoms with E-state index in [1.165, 1.54) is 30.3 Å². The third-order valence-electron chi connectivity index (χ3n) is 2.60. The quantitative estimate of drug-likeness (QED) is 0.755. The van der Waals surface area contributed by atoms with Gasteiger partial charge in [0.1, 0.15) is 5.75 Å². The van der Waals surface area contributed by atoms with Gasteiger partial charge >= 0.3 is 6.36 Å². The first-order chi connectivity index (χ1) is 9.83. The maximum absolute atomic E-state index is 12.1. The summed E-state index contributed by atoms with van der Waals surface area (Å²) in [4.78, 5) is 0. The van der Waals surface area contributed by atoms with Crippen LogP contribution in [0.25, 0.3) is 0 Å². The second-order valence-corrected chi connectivity index (χ2v) is 4.25. The third-order valence-corrected chi connectivity index (χ3v) is 2.60. The Morgan fingerprint density at radius 3 is 2.43 bits per heavy atom. The van der Waals surface area contributed by atoms with Gasteiger partial charge in [-0.25, -0.2) is 0 Å². The van der Waals surface area contributed by atoms with Crippen LogP contribution >= 0.6 is 0 Å². The average Bonchev–Trinajstić information content (AvgIpc) is 2.39. The summed E-state index contributed by atoms with van der Waals surface area (Å²) in [5, 5.41) is 21.4. The molecule has 0 unspecified atom stereocenters. The largest absolute Gasteiger partial charge is 0.573 e. The molecular weight excluding hydrogens is 287 g/mol. The zero-order chi connectivity index (χ0) is 15.5. The first kappa shape index (κ1) is 14.8. The van der Waals surface area contributed by atoms with Gasteiger partial charge in [0, 0.05) is 18.3 Å². The van der Waals surface area contributed by atoms with Crippen LogP contribution < -0.4 is 10.1 Å². The summed E-state index contributed by atoms with van der Waals surface area (Å²) in [5.74, 6) is -0.816. The Morgan fingerprint density at radius 2 is 1.76 bits per heavy atom. The fourth-order valence-corrected chi connectivity index (χ4v) is 1.69. The molecule has 0 spiro atoms. The molecule has 0 radical (unpaired) electrons. The number of nitrogens with one attached hydrogen (secondary N) is 1. The normalized spacial score (nSPS) is 11.2. The lowest BCUT2D eigenvalue weighted by Gasteiger charge is -2.11. The fraction of sp³-hybridized carbons (Fsp3) is 0.143. The van der Waals surface area contributed by atoms with E-state index >= 15 is 0 Å². The van der Waals surface area contributed by atoms with Crippen molar-refractivity contribution in [2.45, 2.75) is 12.9 Å².